The summed E-state index contributed by atoms with van der Waals surface area (Å²) in [4.78, 5) is 20.3. The highest BCUT2D eigenvalue weighted by Gasteiger charge is 2.40. The van der Waals surface area contributed by atoms with Crippen molar-refractivity contribution in [3.8, 4) is 0 Å². The molecule has 9 heteroatoms. The number of hydrogen-bond acceptors (Lipinski definition) is 8. The van der Waals surface area contributed by atoms with Gasteiger partial charge in [-0.1, -0.05) is 11.3 Å². The van der Waals surface area contributed by atoms with Crippen molar-refractivity contribution in [2.24, 2.45) is 0 Å². The van der Waals surface area contributed by atoms with E-state index >= 15 is 0 Å². The molecule has 2 aromatic heterocycles. The number of methoxy groups -OCH3 is 1. The second-order valence-corrected chi connectivity index (χ2v) is 6.33. The van der Waals surface area contributed by atoms with Crippen molar-refractivity contribution in [1.29, 1.82) is 0 Å². The van der Waals surface area contributed by atoms with E-state index in [1.165, 1.54) is 4.57 Å². The van der Waals surface area contributed by atoms with Crippen LogP contribution in [0.25, 0.3) is 10.3 Å². The van der Waals surface area contributed by atoms with Gasteiger partial charge in [0.1, 0.15) is 6.10 Å². The molecule has 0 saturated carbocycles. The van der Waals surface area contributed by atoms with Gasteiger partial charge >= 0.3 is 4.87 Å². The van der Waals surface area contributed by atoms with E-state index in [1.54, 1.807) is 14.0 Å². The largest absolute Gasteiger partial charge is 0.388 e. The van der Waals surface area contributed by atoms with Crippen LogP contribution in [0, 0.1) is 6.92 Å². The second-order valence-electron chi connectivity index (χ2n) is 5.37. The van der Waals surface area contributed by atoms with Crippen LogP contribution in [0.5, 0.6) is 0 Å². The number of fused-ring (bicyclic) bond motifs is 1. The van der Waals surface area contributed by atoms with Gasteiger partial charge in [0.05, 0.1) is 22.6 Å². The maximum Gasteiger partial charge on any atom is 0.311 e. The van der Waals surface area contributed by atoms with Crippen LogP contribution in [0.3, 0.4) is 0 Å². The van der Waals surface area contributed by atoms with Crippen LogP contribution in [0.2, 0.25) is 0 Å². The maximum atomic E-state index is 12.3. The Balaban J connectivity index is 2.07. The van der Waals surface area contributed by atoms with E-state index in [1.807, 2.05) is 6.92 Å². The Morgan fingerprint density at radius 2 is 2.27 bits per heavy atom. The van der Waals surface area contributed by atoms with Gasteiger partial charge in [-0.15, -0.1) is 0 Å². The molecule has 0 aromatic carbocycles. The summed E-state index contributed by atoms with van der Waals surface area (Å²) in [6, 6.07) is 0. The molecule has 120 valence electrons. The van der Waals surface area contributed by atoms with E-state index in [0.717, 1.165) is 11.3 Å². The Labute approximate surface area is 130 Å². The lowest BCUT2D eigenvalue weighted by molar-refractivity contribution is -0.0798. The fourth-order valence-electron chi connectivity index (χ4n) is 2.67. The quantitative estimate of drug-likeness (QED) is 0.841. The Morgan fingerprint density at radius 3 is 2.95 bits per heavy atom. The minimum Gasteiger partial charge on any atom is -0.388 e. The molecule has 0 amide bonds. The number of thiazole rings is 1. The van der Waals surface area contributed by atoms with E-state index in [-0.39, 0.29) is 23.0 Å². The lowest BCUT2D eigenvalue weighted by atomic mass is 10.1. The van der Waals surface area contributed by atoms with Crippen molar-refractivity contribution in [3.63, 3.8) is 0 Å². The molecular weight excluding hydrogens is 308 g/mol. The highest BCUT2D eigenvalue weighted by Crippen LogP contribution is 2.33. The monoisotopic (exact) mass is 326 g/mol. The summed E-state index contributed by atoms with van der Waals surface area (Å²) in [6.45, 7) is 3.63. The topological polar surface area (TPSA) is 112 Å². The van der Waals surface area contributed by atoms with Crippen LogP contribution in [0.1, 0.15) is 25.3 Å². The molecule has 4 atom stereocenters. The summed E-state index contributed by atoms with van der Waals surface area (Å²) in [5.74, 6) is 0.0887. The number of aromatic nitrogens is 3. The van der Waals surface area contributed by atoms with Gasteiger partial charge in [-0.25, -0.2) is 4.98 Å². The number of nitrogen functional groups attached to an aromatic ring is 1. The highest BCUT2D eigenvalue weighted by molar-refractivity contribution is 7.16. The predicted octanol–water partition coefficient (Wildman–Crippen LogP) is 0.427. The second kappa shape index (κ2) is 5.58. The Bertz CT molecular complexity index is 758. The van der Waals surface area contributed by atoms with Crippen LogP contribution in [-0.2, 0) is 9.47 Å². The first-order chi connectivity index (χ1) is 10.4. The third-order valence-corrected chi connectivity index (χ3v) is 4.97. The van der Waals surface area contributed by atoms with Crippen LogP contribution < -0.4 is 10.6 Å². The molecule has 1 aliphatic heterocycles. The molecule has 1 fully saturated rings. The van der Waals surface area contributed by atoms with Crippen LogP contribution >= 0.6 is 11.3 Å². The smallest absolute Gasteiger partial charge is 0.311 e. The van der Waals surface area contributed by atoms with Crippen LogP contribution in [0.15, 0.2) is 4.79 Å². The minimum atomic E-state index is -0.811. The Morgan fingerprint density at radius 1 is 1.55 bits per heavy atom. The molecule has 1 saturated heterocycles. The molecule has 0 spiro atoms. The third kappa shape index (κ3) is 2.39. The zero-order valence-corrected chi connectivity index (χ0v) is 13.3. The van der Waals surface area contributed by atoms with Crippen molar-refractivity contribution in [1.82, 2.24) is 14.5 Å². The van der Waals surface area contributed by atoms with Gasteiger partial charge < -0.3 is 20.3 Å². The number of aliphatic hydroxyl groups is 1. The van der Waals surface area contributed by atoms with Gasteiger partial charge in [0, 0.05) is 13.5 Å². The lowest BCUT2D eigenvalue weighted by Crippen LogP contribution is -2.28. The summed E-state index contributed by atoms with van der Waals surface area (Å²) in [5.41, 5.74) is 6.71. The molecule has 8 nitrogen and oxygen atoms in total. The number of ether oxygens (including phenoxy) is 2. The zero-order chi connectivity index (χ0) is 16.0. The van der Waals surface area contributed by atoms with Gasteiger partial charge in [-0.3, -0.25) is 9.36 Å². The molecule has 3 heterocycles. The first kappa shape index (κ1) is 15.3. The molecule has 1 aliphatic rings. The van der Waals surface area contributed by atoms with Crippen molar-refractivity contribution in [2.45, 2.75) is 44.8 Å². The Hall–Kier alpha value is -1.55. The summed E-state index contributed by atoms with van der Waals surface area (Å²) in [5, 5.41) is 10.3. The SMILES string of the molecule is COC(C)[C@@H]1C[C@@H](O)[C@H](n2c(=O)sc3c(C)nc(N)nc32)O1. The molecule has 3 rings (SSSR count). The van der Waals surface area contributed by atoms with Crippen LogP contribution in [-0.4, -0.2) is 45.1 Å². The lowest BCUT2D eigenvalue weighted by Gasteiger charge is -2.19. The molecule has 0 aliphatic carbocycles. The summed E-state index contributed by atoms with van der Waals surface area (Å²) in [6.07, 6.45) is -1.68. The van der Waals surface area contributed by atoms with E-state index in [9.17, 15) is 9.90 Å². The van der Waals surface area contributed by atoms with E-state index in [4.69, 9.17) is 15.2 Å². The highest BCUT2D eigenvalue weighted by atomic mass is 32.1. The number of nitrogens with two attached hydrogens (primary N) is 1. The van der Waals surface area contributed by atoms with E-state index < -0.39 is 12.3 Å². The van der Waals surface area contributed by atoms with Gasteiger partial charge in [-0.05, 0) is 13.8 Å². The summed E-state index contributed by atoms with van der Waals surface area (Å²) in [7, 11) is 1.58. The van der Waals surface area contributed by atoms with Crippen molar-refractivity contribution in [2.75, 3.05) is 12.8 Å². The number of anilines is 1. The van der Waals surface area contributed by atoms with Crippen molar-refractivity contribution in [3.05, 3.63) is 15.4 Å². The molecule has 3 N–H and O–H groups in total. The fourth-order valence-corrected chi connectivity index (χ4v) is 3.56. The predicted molar refractivity (Wildman–Crippen MR) is 81.8 cm³/mol. The zero-order valence-electron chi connectivity index (χ0n) is 12.5. The first-order valence-electron chi connectivity index (χ1n) is 6.93. The maximum absolute atomic E-state index is 12.3. The Kier molecular flexibility index (Phi) is 3.89. The molecule has 22 heavy (non-hydrogen) atoms. The number of aryl methyl sites for hydroxylation is 1. The van der Waals surface area contributed by atoms with Crippen LogP contribution in [0.4, 0.5) is 5.95 Å². The third-order valence-electron chi connectivity index (χ3n) is 3.92. The van der Waals surface area contributed by atoms with Crippen molar-refractivity contribution < 1.29 is 14.6 Å². The van der Waals surface area contributed by atoms with Gasteiger partial charge in [0.25, 0.3) is 0 Å². The molecule has 1 unspecified atom stereocenters. The molecule has 0 radical (unpaired) electrons. The van der Waals surface area contributed by atoms with E-state index in [2.05, 4.69) is 9.97 Å². The standard InChI is InChI=1S/C13H18N4O4S/c1-5-9-10(16-12(14)15-5)17(13(19)22-9)11-7(18)4-8(21-11)6(2)20-3/h6-8,11,18H,4H2,1-3H3,(H2,14,15,16)/t6?,7-,8+,11-/m1/s1. The first-order valence-corrected chi connectivity index (χ1v) is 7.75. The number of hydrogen-bond donors (Lipinski definition) is 2. The fraction of sp³-hybridized carbons (Fsp3) is 0.615. The molecule has 2 aromatic rings. The summed E-state index contributed by atoms with van der Waals surface area (Å²) < 4.78 is 13.1. The molecular formula is C13H18N4O4S. The van der Waals surface area contributed by atoms with Gasteiger partial charge in [0.2, 0.25) is 5.95 Å². The number of rotatable bonds is 3. The van der Waals surface area contributed by atoms with Gasteiger partial charge in [0.15, 0.2) is 11.9 Å². The molecule has 0 bridgehead atoms. The number of aliphatic hydroxyl groups excluding tert-OH is 1. The van der Waals surface area contributed by atoms with Crippen molar-refractivity contribution >= 4 is 27.6 Å². The average Bonchev–Trinajstić information content (AvgIpc) is 2.98. The minimum absolute atomic E-state index is 0.0887. The van der Waals surface area contributed by atoms with Gasteiger partial charge in [-0.2, -0.15) is 4.98 Å². The average molecular weight is 326 g/mol. The normalized spacial score (nSPS) is 26.6. The van der Waals surface area contributed by atoms with E-state index in [0.29, 0.717) is 22.5 Å². The summed E-state index contributed by atoms with van der Waals surface area (Å²) >= 11 is 1.02. The number of nitrogens with zero attached hydrogens (tertiary/aromatic N) is 3.